The summed E-state index contributed by atoms with van der Waals surface area (Å²) in [5, 5.41) is 0.971. The molecule has 1 amide bonds. The van der Waals surface area contributed by atoms with Crippen molar-refractivity contribution in [3.05, 3.63) is 87.5 Å². The zero-order valence-electron chi connectivity index (χ0n) is 20.1. The number of ether oxygens (including phenoxy) is 1. The Morgan fingerprint density at radius 1 is 1.08 bits per heavy atom. The number of amides is 1. The van der Waals surface area contributed by atoms with Crippen LogP contribution < -0.4 is 10.5 Å². The van der Waals surface area contributed by atoms with Gasteiger partial charge in [-0.25, -0.2) is 4.98 Å². The molecule has 0 radical (unpaired) electrons. The first-order valence-electron chi connectivity index (χ1n) is 12.1. The number of anilines is 1. The van der Waals surface area contributed by atoms with Crippen molar-refractivity contribution in [3.8, 4) is 5.75 Å². The highest BCUT2D eigenvalue weighted by Gasteiger charge is 2.33. The van der Waals surface area contributed by atoms with Gasteiger partial charge in [0.05, 0.1) is 5.56 Å². The van der Waals surface area contributed by atoms with E-state index in [1.807, 2.05) is 37.3 Å². The molecule has 1 atom stereocenters. The van der Waals surface area contributed by atoms with Gasteiger partial charge in [-0.1, -0.05) is 66.5 Å². The minimum atomic E-state index is -0.139. The highest BCUT2D eigenvalue weighted by Crippen LogP contribution is 2.35. The molecule has 3 aromatic rings. The zero-order valence-corrected chi connectivity index (χ0v) is 21.6. The molecule has 1 aliphatic rings. The highest BCUT2D eigenvalue weighted by atomic mass is 35.5. The van der Waals surface area contributed by atoms with E-state index in [1.165, 1.54) is 6.20 Å². The molecule has 0 bridgehead atoms. The molecule has 0 aliphatic carbocycles. The molecule has 188 valence electrons. The van der Waals surface area contributed by atoms with Gasteiger partial charge in [0.2, 0.25) is 0 Å². The molecule has 2 heterocycles. The lowest BCUT2D eigenvalue weighted by molar-refractivity contribution is -0.121. The van der Waals surface area contributed by atoms with Gasteiger partial charge in [0, 0.05) is 47.2 Å². The first kappa shape index (κ1) is 26.0. The summed E-state index contributed by atoms with van der Waals surface area (Å²) in [5.74, 6) is 0.645. The van der Waals surface area contributed by atoms with Gasteiger partial charge in [0.15, 0.2) is 11.6 Å². The molecule has 4 rings (SSSR count). The number of halogens is 2. The fourth-order valence-corrected chi connectivity index (χ4v) is 5.23. The summed E-state index contributed by atoms with van der Waals surface area (Å²) in [4.78, 5) is 32.0. The SMILES string of the molecule is CCC(=O)C(c1ccccc1)C1CCN(C(=O)c2cnc(N)c(OCc3c(Cl)cccc3Cl)c2)CC1. The monoisotopic (exact) mass is 525 g/mol. The van der Waals surface area contributed by atoms with Crippen LogP contribution in [0, 0.1) is 5.92 Å². The molecule has 1 saturated heterocycles. The van der Waals surface area contributed by atoms with E-state index in [-0.39, 0.29) is 36.0 Å². The normalized spacial score (nSPS) is 14.9. The third kappa shape index (κ3) is 5.82. The third-order valence-corrected chi connectivity index (χ3v) is 7.42. The number of likely N-dealkylation sites (tertiary alicyclic amines) is 1. The Bertz CT molecular complexity index is 1210. The number of carbonyl (C=O) groups excluding carboxylic acids is 2. The Labute approximate surface area is 221 Å². The summed E-state index contributed by atoms with van der Waals surface area (Å²) in [6, 6.07) is 16.8. The van der Waals surface area contributed by atoms with Crippen molar-refractivity contribution in [2.24, 2.45) is 5.92 Å². The van der Waals surface area contributed by atoms with E-state index in [9.17, 15) is 9.59 Å². The molecule has 1 aliphatic heterocycles. The summed E-state index contributed by atoms with van der Waals surface area (Å²) in [6.07, 6.45) is 3.48. The van der Waals surface area contributed by atoms with Crippen LogP contribution in [-0.4, -0.2) is 34.7 Å². The number of rotatable bonds is 8. The van der Waals surface area contributed by atoms with Crippen LogP contribution in [0.3, 0.4) is 0 Å². The number of Topliss-reactive ketones (excluding diaryl/α,β-unsaturated/α-hetero) is 1. The fourth-order valence-electron chi connectivity index (χ4n) is 4.73. The number of nitrogens with two attached hydrogens (primary N) is 1. The summed E-state index contributed by atoms with van der Waals surface area (Å²) in [7, 11) is 0. The Hall–Kier alpha value is -3.09. The second-order valence-corrected chi connectivity index (χ2v) is 9.75. The molecular formula is C28H29Cl2N3O3. The highest BCUT2D eigenvalue weighted by molar-refractivity contribution is 6.35. The summed E-state index contributed by atoms with van der Waals surface area (Å²) >= 11 is 12.5. The maximum Gasteiger partial charge on any atom is 0.255 e. The lowest BCUT2D eigenvalue weighted by Gasteiger charge is -2.36. The Balaban J connectivity index is 1.43. The average molecular weight is 526 g/mol. The van der Waals surface area contributed by atoms with Crippen molar-refractivity contribution in [2.75, 3.05) is 18.8 Å². The van der Waals surface area contributed by atoms with Crippen molar-refractivity contribution in [1.82, 2.24) is 9.88 Å². The van der Waals surface area contributed by atoms with Crippen molar-refractivity contribution in [3.63, 3.8) is 0 Å². The minimum absolute atomic E-state index is 0.0970. The lowest BCUT2D eigenvalue weighted by Crippen LogP contribution is -2.40. The second-order valence-electron chi connectivity index (χ2n) is 8.93. The molecule has 0 saturated carbocycles. The summed E-state index contributed by atoms with van der Waals surface area (Å²) in [5.41, 5.74) is 8.08. The quantitative estimate of drug-likeness (QED) is 0.380. The molecule has 1 aromatic heterocycles. The van der Waals surface area contributed by atoms with Crippen molar-refractivity contribution in [2.45, 2.75) is 38.7 Å². The molecule has 0 spiro atoms. The first-order chi connectivity index (χ1) is 17.4. The van der Waals surface area contributed by atoms with Gasteiger partial charge in [-0.15, -0.1) is 0 Å². The van der Waals surface area contributed by atoms with Crippen LogP contribution in [0.2, 0.25) is 10.0 Å². The number of nitrogens with zero attached hydrogens (tertiary/aromatic N) is 2. The minimum Gasteiger partial charge on any atom is -0.485 e. The van der Waals surface area contributed by atoms with Crippen LogP contribution in [-0.2, 0) is 11.4 Å². The van der Waals surface area contributed by atoms with Crippen molar-refractivity contribution < 1.29 is 14.3 Å². The van der Waals surface area contributed by atoms with E-state index in [0.717, 1.165) is 18.4 Å². The smallest absolute Gasteiger partial charge is 0.255 e. The maximum absolute atomic E-state index is 13.3. The van der Waals surface area contributed by atoms with Crippen LogP contribution in [0.1, 0.15) is 53.6 Å². The third-order valence-electron chi connectivity index (χ3n) is 6.71. The topological polar surface area (TPSA) is 85.5 Å². The van der Waals surface area contributed by atoms with Gasteiger partial charge in [-0.2, -0.15) is 0 Å². The number of piperidine rings is 1. The fraction of sp³-hybridized carbons (Fsp3) is 0.321. The molecular weight excluding hydrogens is 497 g/mol. The standard InChI is InChI=1S/C28H29Cl2N3O3/c1-2-24(34)26(18-7-4-3-5-8-18)19-11-13-33(14-12-19)28(35)20-15-25(27(31)32-16-20)36-17-21-22(29)9-6-10-23(21)30/h3-10,15-16,19,26H,2,11-14,17H2,1H3,(H2,31,32). The largest absolute Gasteiger partial charge is 0.485 e. The molecule has 8 heteroatoms. The molecule has 6 nitrogen and oxygen atoms in total. The molecule has 36 heavy (non-hydrogen) atoms. The van der Waals surface area contributed by atoms with E-state index in [2.05, 4.69) is 4.98 Å². The number of hydrogen-bond donors (Lipinski definition) is 1. The van der Waals surface area contributed by atoms with E-state index in [4.69, 9.17) is 33.7 Å². The number of ketones is 1. The maximum atomic E-state index is 13.3. The van der Waals surface area contributed by atoms with Crippen molar-refractivity contribution in [1.29, 1.82) is 0 Å². The molecule has 1 fully saturated rings. The number of aromatic nitrogens is 1. The zero-order chi connectivity index (χ0) is 25.7. The van der Waals surface area contributed by atoms with Gasteiger partial charge in [-0.05, 0) is 42.5 Å². The van der Waals surface area contributed by atoms with E-state index in [0.29, 0.717) is 46.4 Å². The van der Waals surface area contributed by atoms with Crippen LogP contribution in [0.4, 0.5) is 5.82 Å². The molecule has 2 aromatic carbocycles. The van der Waals surface area contributed by atoms with E-state index in [1.54, 1.807) is 29.2 Å². The van der Waals surface area contributed by atoms with Gasteiger partial charge < -0.3 is 15.4 Å². The Morgan fingerprint density at radius 2 is 1.75 bits per heavy atom. The van der Waals surface area contributed by atoms with Crippen molar-refractivity contribution >= 4 is 40.7 Å². The van der Waals surface area contributed by atoms with Gasteiger partial charge in [-0.3, -0.25) is 9.59 Å². The molecule has 1 unspecified atom stereocenters. The number of carbonyl (C=O) groups is 2. The van der Waals surface area contributed by atoms with Gasteiger partial charge >= 0.3 is 0 Å². The average Bonchev–Trinajstić information content (AvgIpc) is 2.90. The van der Waals surface area contributed by atoms with Crippen LogP contribution in [0.15, 0.2) is 60.8 Å². The number of hydrogen-bond acceptors (Lipinski definition) is 5. The predicted molar refractivity (Wildman–Crippen MR) is 143 cm³/mol. The lowest BCUT2D eigenvalue weighted by atomic mass is 9.77. The van der Waals surface area contributed by atoms with E-state index >= 15 is 0 Å². The van der Waals surface area contributed by atoms with Crippen LogP contribution in [0.5, 0.6) is 5.75 Å². The molecule has 2 N–H and O–H groups in total. The summed E-state index contributed by atoms with van der Waals surface area (Å²) in [6.45, 7) is 3.14. The van der Waals surface area contributed by atoms with Gasteiger partial charge in [0.1, 0.15) is 12.4 Å². The van der Waals surface area contributed by atoms with Gasteiger partial charge in [0.25, 0.3) is 5.91 Å². The number of benzene rings is 2. The second kappa shape index (κ2) is 11.8. The summed E-state index contributed by atoms with van der Waals surface area (Å²) < 4.78 is 5.83. The van der Waals surface area contributed by atoms with E-state index < -0.39 is 0 Å². The number of pyridine rings is 1. The Morgan fingerprint density at radius 3 is 2.39 bits per heavy atom. The van der Waals surface area contributed by atoms with Crippen LogP contribution in [0.25, 0.3) is 0 Å². The Kier molecular flexibility index (Phi) is 8.49. The first-order valence-corrected chi connectivity index (χ1v) is 12.8. The predicted octanol–water partition coefficient (Wildman–Crippen LogP) is 6.16. The number of nitrogen functional groups attached to an aromatic ring is 1. The van der Waals surface area contributed by atoms with Crippen LogP contribution >= 0.6 is 23.2 Å².